The highest BCUT2D eigenvalue weighted by atomic mass is 32.2. The molecule has 31 heavy (non-hydrogen) atoms. The van der Waals surface area contributed by atoms with Gasteiger partial charge in [0.2, 0.25) is 0 Å². The number of unbranched alkanes of at least 4 members (excludes halogenated alkanes) is 3. The van der Waals surface area contributed by atoms with E-state index in [2.05, 4.69) is 27.7 Å². The van der Waals surface area contributed by atoms with Crippen LogP contribution in [0.25, 0.3) is 0 Å². The van der Waals surface area contributed by atoms with Crippen LogP contribution < -0.4 is 0 Å². The predicted molar refractivity (Wildman–Crippen MR) is 120 cm³/mol. The van der Waals surface area contributed by atoms with Gasteiger partial charge in [-0.15, -0.1) is 0 Å². The highest BCUT2D eigenvalue weighted by Gasteiger charge is 2.23. The van der Waals surface area contributed by atoms with Gasteiger partial charge in [0.1, 0.15) is 0 Å². The molecule has 0 aromatic heterocycles. The molecule has 0 spiro atoms. The number of carboxylic acid groups (broad SMARTS) is 2. The summed E-state index contributed by atoms with van der Waals surface area (Å²) in [5, 5.41) is 17.2. The first-order valence-electron chi connectivity index (χ1n) is 10.9. The molecule has 0 bridgehead atoms. The van der Waals surface area contributed by atoms with E-state index in [4.69, 9.17) is 14.8 Å². The number of nitrogens with zero attached hydrogens (tertiary/aromatic N) is 1. The highest BCUT2D eigenvalue weighted by molar-refractivity contribution is 7.85. The van der Waals surface area contributed by atoms with E-state index in [1.54, 1.807) is 0 Å². The van der Waals surface area contributed by atoms with Gasteiger partial charge >= 0.3 is 11.9 Å². The Morgan fingerprint density at radius 2 is 1.13 bits per heavy atom. The second-order valence-electron chi connectivity index (χ2n) is 7.72. The van der Waals surface area contributed by atoms with Crippen molar-refractivity contribution in [3.05, 3.63) is 29.3 Å². The lowest BCUT2D eigenvalue weighted by molar-refractivity contribution is -0.927. The van der Waals surface area contributed by atoms with Gasteiger partial charge in [-0.1, -0.05) is 40.0 Å². The van der Waals surface area contributed by atoms with Gasteiger partial charge in [-0.05, 0) is 44.4 Å². The van der Waals surface area contributed by atoms with Crippen LogP contribution in [-0.4, -0.2) is 65.8 Å². The SMILES string of the molecule is CCCC[N+](CC)(CCCC)CCCC.O=C(O)c1cc(C(=O)O)cc(S(=O)(=O)O)c1. The van der Waals surface area contributed by atoms with Gasteiger partial charge in [0.15, 0.2) is 0 Å². The third kappa shape index (κ3) is 10.8. The maximum absolute atomic E-state index is 10.8. The first kappa shape index (κ1) is 29.0. The molecular formula is C22H38NO7S+. The summed E-state index contributed by atoms with van der Waals surface area (Å²) >= 11 is 0. The summed E-state index contributed by atoms with van der Waals surface area (Å²) in [6, 6.07) is 2.13. The molecule has 1 rings (SSSR count). The summed E-state index contributed by atoms with van der Waals surface area (Å²) in [5.74, 6) is -2.99. The molecular weight excluding hydrogens is 422 g/mol. The van der Waals surface area contributed by atoms with Gasteiger partial charge in [0, 0.05) is 0 Å². The summed E-state index contributed by atoms with van der Waals surface area (Å²) in [5.41, 5.74) is -1.07. The van der Waals surface area contributed by atoms with Crippen LogP contribution in [0.4, 0.5) is 0 Å². The molecule has 9 heteroatoms. The standard InChI is InChI=1S/C14H32N.C8H6O7S/c1-5-9-12-15(8-4,13-10-6-2)14-11-7-3;9-7(10)4-1-5(8(11)12)3-6(2-4)16(13,14)15/h5-14H2,1-4H3;1-3H,(H,9,10)(H,11,12)(H,13,14,15)/q+1;. The predicted octanol–water partition coefficient (Wildman–Crippen LogP) is 4.55. The van der Waals surface area contributed by atoms with Crippen molar-refractivity contribution in [3.8, 4) is 0 Å². The largest absolute Gasteiger partial charge is 0.478 e. The van der Waals surface area contributed by atoms with Crippen molar-refractivity contribution in [2.24, 2.45) is 0 Å². The minimum atomic E-state index is -4.64. The van der Waals surface area contributed by atoms with Crippen molar-refractivity contribution in [1.29, 1.82) is 0 Å². The van der Waals surface area contributed by atoms with Crippen molar-refractivity contribution in [2.45, 2.75) is 71.1 Å². The van der Waals surface area contributed by atoms with Crippen molar-refractivity contribution in [2.75, 3.05) is 26.2 Å². The summed E-state index contributed by atoms with van der Waals surface area (Å²) < 4.78 is 31.6. The number of aromatic carboxylic acids is 2. The van der Waals surface area contributed by atoms with E-state index in [1.807, 2.05) is 0 Å². The van der Waals surface area contributed by atoms with Crippen LogP contribution in [0.1, 0.15) is 86.9 Å². The number of carbonyl (C=O) groups is 2. The Labute approximate surface area is 186 Å². The average Bonchev–Trinajstić information content (AvgIpc) is 2.73. The number of carboxylic acids is 2. The van der Waals surface area contributed by atoms with Crippen molar-refractivity contribution >= 4 is 22.1 Å². The molecule has 0 heterocycles. The van der Waals surface area contributed by atoms with Crippen molar-refractivity contribution < 1.29 is 37.3 Å². The number of rotatable bonds is 13. The van der Waals surface area contributed by atoms with E-state index < -0.39 is 38.1 Å². The van der Waals surface area contributed by atoms with Gasteiger partial charge in [-0.25, -0.2) is 9.59 Å². The molecule has 178 valence electrons. The molecule has 0 amide bonds. The summed E-state index contributed by atoms with van der Waals surface area (Å²) in [7, 11) is -4.64. The summed E-state index contributed by atoms with van der Waals surface area (Å²) in [6.07, 6.45) is 8.25. The molecule has 1 aromatic rings. The van der Waals surface area contributed by atoms with Gasteiger partial charge < -0.3 is 14.7 Å². The van der Waals surface area contributed by atoms with E-state index >= 15 is 0 Å². The van der Waals surface area contributed by atoms with E-state index in [0.29, 0.717) is 12.1 Å². The molecule has 1 aromatic carbocycles. The van der Waals surface area contributed by atoms with E-state index in [-0.39, 0.29) is 0 Å². The lowest BCUT2D eigenvalue weighted by Gasteiger charge is -2.38. The number of hydrogen-bond donors (Lipinski definition) is 3. The Kier molecular flexibility index (Phi) is 13.3. The van der Waals surface area contributed by atoms with Gasteiger partial charge in [0.05, 0.1) is 42.2 Å². The van der Waals surface area contributed by atoms with Gasteiger partial charge in [0.25, 0.3) is 10.1 Å². The molecule has 3 N–H and O–H groups in total. The van der Waals surface area contributed by atoms with E-state index in [1.165, 1.54) is 69.2 Å². The zero-order valence-corrected chi connectivity index (χ0v) is 19.9. The Morgan fingerprint density at radius 1 is 0.774 bits per heavy atom. The maximum Gasteiger partial charge on any atom is 0.335 e. The quantitative estimate of drug-likeness (QED) is 0.291. The fraction of sp³-hybridized carbons (Fsp3) is 0.636. The lowest BCUT2D eigenvalue weighted by Crippen LogP contribution is -2.49. The van der Waals surface area contributed by atoms with Crippen molar-refractivity contribution in [3.63, 3.8) is 0 Å². The number of hydrogen-bond acceptors (Lipinski definition) is 4. The molecule has 0 saturated heterocycles. The second kappa shape index (κ2) is 14.2. The third-order valence-electron chi connectivity index (χ3n) is 5.33. The molecule has 8 nitrogen and oxygen atoms in total. The smallest absolute Gasteiger partial charge is 0.335 e. The first-order chi connectivity index (χ1) is 14.5. The van der Waals surface area contributed by atoms with Crippen LogP contribution >= 0.6 is 0 Å². The maximum atomic E-state index is 10.8. The Balaban J connectivity index is 0.000000582. The minimum absolute atomic E-state index is 0.535. The molecule has 0 aliphatic rings. The normalized spacial score (nSPS) is 11.5. The topological polar surface area (TPSA) is 129 Å². The molecule has 0 aliphatic heterocycles. The number of quaternary nitrogens is 1. The summed E-state index contributed by atoms with van der Waals surface area (Å²) in [4.78, 5) is 20.4. The Hall–Kier alpha value is -1.97. The molecule has 0 radical (unpaired) electrons. The van der Waals surface area contributed by atoms with Crippen LogP contribution in [-0.2, 0) is 10.1 Å². The third-order valence-corrected chi connectivity index (χ3v) is 6.16. The van der Waals surface area contributed by atoms with Crippen LogP contribution in [0.15, 0.2) is 23.1 Å². The monoisotopic (exact) mass is 460 g/mol. The molecule has 0 saturated carbocycles. The first-order valence-corrected chi connectivity index (χ1v) is 12.3. The zero-order valence-electron chi connectivity index (χ0n) is 19.1. The highest BCUT2D eigenvalue weighted by Crippen LogP contribution is 2.16. The van der Waals surface area contributed by atoms with E-state index in [9.17, 15) is 18.0 Å². The van der Waals surface area contributed by atoms with Crippen LogP contribution in [0.2, 0.25) is 0 Å². The molecule has 0 unspecified atom stereocenters. The van der Waals surface area contributed by atoms with Crippen LogP contribution in [0.3, 0.4) is 0 Å². The minimum Gasteiger partial charge on any atom is -0.478 e. The van der Waals surface area contributed by atoms with Crippen LogP contribution in [0.5, 0.6) is 0 Å². The Bertz CT molecular complexity index is 752. The Morgan fingerprint density at radius 3 is 1.35 bits per heavy atom. The zero-order chi connectivity index (χ0) is 24.1. The lowest BCUT2D eigenvalue weighted by atomic mass is 10.1. The summed E-state index contributed by atoms with van der Waals surface area (Å²) in [6.45, 7) is 14.9. The second-order valence-corrected chi connectivity index (χ2v) is 9.14. The average molecular weight is 461 g/mol. The van der Waals surface area contributed by atoms with Crippen molar-refractivity contribution in [1.82, 2.24) is 0 Å². The number of benzene rings is 1. The van der Waals surface area contributed by atoms with E-state index in [0.717, 1.165) is 6.07 Å². The fourth-order valence-corrected chi connectivity index (χ4v) is 3.84. The van der Waals surface area contributed by atoms with Crippen LogP contribution in [0, 0.1) is 0 Å². The molecule has 0 atom stereocenters. The molecule has 0 aliphatic carbocycles. The van der Waals surface area contributed by atoms with Gasteiger partial charge in [-0.3, -0.25) is 4.55 Å². The fourth-order valence-electron chi connectivity index (χ4n) is 3.29. The van der Waals surface area contributed by atoms with Gasteiger partial charge in [-0.2, -0.15) is 8.42 Å². The molecule has 0 fully saturated rings.